The number of nitrogens with zero attached hydrogens (tertiary/aromatic N) is 1. The Morgan fingerprint density at radius 1 is 1.39 bits per heavy atom. The summed E-state index contributed by atoms with van der Waals surface area (Å²) in [6.07, 6.45) is 1.58. The van der Waals surface area contributed by atoms with Crippen LogP contribution in [0.1, 0.15) is 47.1 Å². The van der Waals surface area contributed by atoms with Crippen LogP contribution in [0.3, 0.4) is 0 Å². The van der Waals surface area contributed by atoms with Crippen molar-refractivity contribution in [2.24, 2.45) is 11.3 Å². The molecule has 1 aliphatic rings. The van der Waals surface area contributed by atoms with Gasteiger partial charge in [0.1, 0.15) is 4.88 Å². The van der Waals surface area contributed by atoms with Gasteiger partial charge in [0.05, 0.1) is 16.1 Å². The van der Waals surface area contributed by atoms with Crippen LogP contribution in [0.5, 0.6) is 0 Å². The van der Waals surface area contributed by atoms with Gasteiger partial charge in [0, 0.05) is 19.8 Å². The lowest BCUT2D eigenvalue weighted by Gasteiger charge is -2.33. The first-order valence-corrected chi connectivity index (χ1v) is 8.71. The first-order chi connectivity index (χ1) is 10.8. The average Bonchev–Trinajstić information content (AvgIpc) is 2.85. The van der Waals surface area contributed by atoms with E-state index in [0.717, 1.165) is 17.1 Å². The standard InChI is InChI=1S/C16H24N2O4S/c1-10(2)8-12-13(23-11(3)18-12)14(19)17-9-16(15(20)21)4-6-22-7-5-16/h10H,4-9H2,1-3H3,(H,17,19)(H,20,21). The molecule has 1 aromatic heterocycles. The summed E-state index contributed by atoms with van der Waals surface area (Å²) in [5.74, 6) is -0.689. The molecule has 0 atom stereocenters. The number of thiazole rings is 1. The summed E-state index contributed by atoms with van der Waals surface area (Å²) in [5.41, 5.74) is -0.123. The van der Waals surface area contributed by atoms with Gasteiger partial charge >= 0.3 is 5.97 Å². The SMILES string of the molecule is Cc1nc(CC(C)C)c(C(=O)NCC2(C(=O)O)CCOCC2)s1. The number of carboxylic acid groups (broad SMARTS) is 1. The van der Waals surface area contributed by atoms with Crippen LogP contribution in [0, 0.1) is 18.3 Å². The lowest BCUT2D eigenvalue weighted by molar-refractivity contribution is -0.154. The van der Waals surface area contributed by atoms with Crippen molar-refractivity contribution in [2.75, 3.05) is 19.8 Å². The van der Waals surface area contributed by atoms with Gasteiger partial charge in [0.15, 0.2) is 0 Å². The number of carbonyl (C=O) groups excluding carboxylic acids is 1. The van der Waals surface area contributed by atoms with E-state index >= 15 is 0 Å². The van der Waals surface area contributed by atoms with Gasteiger partial charge in [0.25, 0.3) is 5.91 Å². The van der Waals surface area contributed by atoms with Gasteiger partial charge in [-0.1, -0.05) is 13.8 Å². The summed E-state index contributed by atoms with van der Waals surface area (Å²) in [7, 11) is 0. The number of aryl methyl sites for hydroxylation is 1. The maximum atomic E-state index is 12.5. The van der Waals surface area contributed by atoms with E-state index in [0.29, 0.717) is 36.9 Å². The molecule has 2 rings (SSSR count). The molecule has 0 radical (unpaired) electrons. The molecule has 0 spiro atoms. The number of nitrogens with one attached hydrogen (secondary N) is 1. The molecular formula is C16H24N2O4S. The summed E-state index contributed by atoms with van der Waals surface area (Å²) in [6, 6.07) is 0. The van der Waals surface area contributed by atoms with E-state index in [2.05, 4.69) is 24.1 Å². The van der Waals surface area contributed by atoms with Gasteiger partial charge in [0.2, 0.25) is 0 Å². The van der Waals surface area contributed by atoms with Gasteiger partial charge in [-0.05, 0) is 32.1 Å². The Morgan fingerprint density at radius 2 is 2.04 bits per heavy atom. The van der Waals surface area contributed by atoms with Crippen molar-refractivity contribution in [3.05, 3.63) is 15.6 Å². The van der Waals surface area contributed by atoms with Crippen LogP contribution in [0.2, 0.25) is 0 Å². The van der Waals surface area contributed by atoms with Gasteiger partial charge in [-0.15, -0.1) is 11.3 Å². The molecule has 0 aromatic carbocycles. The molecule has 6 nitrogen and oxygen atoms in total. The minimum Gasteiger partial charge on any atom is -0.481 e. The van der Waals surface area contributed by atoms with E-state index in [1.54, 1.807) is 0 Å². The molecular weight excluding hydrogens is 316 g/mol. The zero-order valence-electron chi connectivity index (χ0n) is 13.8. The first-order valence-electron chi connectivity index (χ1n) is 7.90. The van der Waals surface area contributed by atoms with Gasteiger partial charge < -0.3 is 15.2 Å². The van der Waals surface area contributed by atoms with Gasteiger partial charge in [-0.3, -0.25) is 9.59 Å². The minimum atomic E-state index is -0.925. The molecule has 0 saturated carbocycles. The molecule has 2 N–H and O–H groups in total. The Kier molecular flexibility index (Phi) is 5.75. The highest BCUT2D eigenvalue weighted by Crippen LogP contribution is 2.30. The van der Waals surface area contributed by atoms with E-state index in [4.69, 9.17) is 4.74 Å². The fraction of sp³-hybridized carbons (Fsp3) is 0.688. The Labute approximate surface area is 140 Å². The topological polar surface area (TPSA) is 88.5 Å². The molecule has 0 unspecified atom stereocenters. The Bertz CT molecular complexity index is 577. The molecule has 1 amide bonds. The van der Waals surface area contributed by atoms with Crippen molar-refractivity contribution in [2.45, 2.75) is 40.0 Å². The van der Waals surface area contributed by atoms with Gasteiger partial charge in [-0.25, -0.2) is 4.98 Å². The number of ether oxygens (including phenoxy) is 1. The number of rotatable bonds is 6. The number of carboxylic acids is 1. The molecule has 128 valence electrons. The van der Waals surface area contributed by atoms with Gasteiger partial charge in [-0.2, -0.15) is 0 Å². The quantitative estimate of drug-likeness (QED) is 0.829. The normalized spacial score (nSPS) is 17.2. The van der Waals surface area contributed by atoms with Crippen LogP contribution >= 0.6 is 11.3 Å². The average molecular weight is 340 g/mol. The Morgan fingerprint density at radius 3 is 2.61 bits per heavy atom. The highest BCUT2D eigenvalue weighted by atomic mass is 32.1. The number of hydrogen-bond donors (Lipinski definition) is 2. The zero-order chi connectivity index (χ0) is 17.0. The smallest absolute Gasteiger partial charge is 0.311 e. The number of hydrogen-bond acceptors (Lipinski definition) is 5. The van der Waals surface area contributed by atoms with Crippen LogP contribution in [0.15, 0.2) is 0 Å². The number of aromatic nitrogens is 1. The van der Waals surface area contributed by atoms with E-state index in [1.807, 2.05) is 6.92 Å². The largest absolute Gasteiger partial charge is 0.481 e. The zero-order valence-corrected chi connectivity index (χ0v) is 14.7. The molecule has 7 heteroatoms. The van der Waals surface area contributed by atoms with E-state index in [1.165, 1.54) is 11.3 Å². The van der Waals surface area contributed by atoms with Crippen molar-refractivity contribution in [1.82, 2.24) is 10.3 Å². The molecule has 1 aliphatic heterocycles. The van der Waals surface area contributed by atoms with Crippen LogP contribution in [0.4, 0.5) is 0 Å². The number of aliphatic carboxylic acids is 1. The summed E-state index contributed by atoms with van der Waals surface area (Å²) >= 11 is 1.36. The minimum absolute atomic E-state index is 0.128. The van der Waals surface area contributed by atoms with Crippen molar-refractivity contribution in [3.63, 3.8) is 0 Å². The van der Waals surface area contributed by atoms with Crippen molar-refractivity contribution in [1.29, 1.82) is 0 Å². The predicted molar refractivity (Wildman–Crippen MR) is 87.8 cm³/mol. The van der Waals surface area contributed by atoms with Crippen LogP contribution in [-0.4, -0.2) is 41.7 Å². The van der Waals surface area contributed by atoms with Crippen LogP contribution < -0.4 is 5.32 Å². The molecule has 1 aromatic rings. The molecule has 0 aliphatic carbocycles. The number of amides is 1. The van der Waals surface area contributed by atoms with Crippen LogP contribution in [0.25, 0.3) is 0 Å². The fourth-order valence-corrected chi connectivity index (χ4v) is 3.59. The summed E-state index contributed by atoms with van der Waals surface area (Å²) < 4.78 is 5.25. The second-order valence-corrected chi connectivity index (χ2v) is 7.69. The second-order valence-electron chi connectivity index (χ2n) is 6.49. The van der Waals surface area contributed by atoms with E-state index < -0.39 is 11.4 Å². The fourth-order valence-electron chi connectivity index (χ4n) is 2.73. The maximum absolute atomic E-state index is 12.5. The summed E-state index contributed by atoms with van der Waals surface area (Å²) in [4.78, 5) is 29.2. The number of carbonyl (C=O) groups is 2. The molecule has 23 heavy (non-hydrogen) atoms. The monoisotopic (exact) mass is 340 g/mol. The third-order valence-electron chi connectivity index (χ3n) is 4.10. The third kappa shape index (κ3) is 4.29. The van der Waals surface area contributed by atoms with Crippen LogP contribution in [-0.2, 0) is 16.0 Å². The molecule has 1 fully saturated rings. The van der Waals surface area contributed by atoms with E-state index in [9.17, 15) is 14.7 Å². The van der Waals surface area contributed by atoms with Crippen molar-refractivity contribution >= 4 is 23.2 Å². The first kappa shape index (κ1) is 17.9. The second kappa shape index (κ2) is 7.40. The third-order valence-corrected chi connectivity index (χ3v) is 5.11. The molecule has 1 saturated heterocycles. The van der Waals surface area contributed by atoms with E-state index in [-0.39, 0.29) is 12.5 Å². The van der Waals surface area contributed by atoms with Crippen molar-refractivity contribution in [3.8, 4) is 0 Å². The summed E-state index contributed by atoms with van der Waals surface area (Å²) in [6.45, 7) is 7.00. The Hall–Kier alpha value is -1.47. The molecule has 0 bridgehead atoms. The summed E-state index contributed by atoms with van der Waals surface area (Å²) in [5, 5.41) is 13.2. The predicted octanol–water partition coefficient (Wildman–Crippen LogP) is 2.26. The lowest BCUT2D eigenvalue weighted by Crippen LogP contribution is -2.46. The van der Waals surface area contributed by atoms with Crippen molar-refractivity contribution < 1.29 is 19.4 Å². The maximum Gasteiger partial charge on any atom is 0.311 e. The highest BCUT2D eigenvalue weighted by molar-refractivity contribution is 7.13. The lowest BCUT2D eigenvalue weighted by atomic mass is 9.80. The Balaban J connectivity index is 2.08. The molecule has 2 heterocycles. The highest BCUT2D eigenvalue weighted by Gasteiger charge is 2.40.